The molecule has 0 saturated heterocycles. The van der Waals surface area contributed by atoms with Gasteiger partial charge in [-0.1, -0.05) is 6.07 Å². The predicted octanol–water partition coefficient (Wildman–Crippen LogP) is 2.56. The monoisotopic (exact) mass is 301 g/mol. The van der Waals surface area contributed by atoms with Crippen LogP contribution in [0.3, 0.4) is 0 Å². The summed E-state index contributed by atoms with van der Waals surface area (Å²) >= 11 is 0. The zero-order valence-corrected chi connectivity index (χ0v) is 13.1. The predicted molar refractivity (Wildman–Crippen MR) is 83.8 cm³/mol. The van der Waals surface area contributed by atoms with Crippen molar-refractivity contribution in [3.8, 4) is 0 Å². The van der Waals surface area contributed by atoms with Gasteiger partial charge in [0.1, 0.15) is 12.9 Å². The minimum atomic E-state index is -0.199. The van der Waals surface area contributed by atoms with Gasteiger partial charge in [-0.25, -0.2) is 4.79 Å². The van der Waals surface area contributed by atoms with Crippen LogP contribution in [-0.2, 0) is 22.6 Å². The third-order valence-electron chi connectivity index (χ3n) is 5.07. The number of carbonyl (C=O) groups excluding carboxylic acids is 2. The van der Waals surface area contributed by atoms with Crippen LogP contribution in [0.2, 0.25) is 0 Å². The minimum Gasteiger partial charge on any atom is -0.457 e. The molecule has 1 saturated carbocycles. The third kappa shape index (κ3) is 3.07. The molecule has 0 radical (unpaired) electrons. The van der Waals surface area contributed by atoms with Crippen LogP contribution in [0, 0.1) is 12.8 Å². The summed E-state index contributed by atoms with van der Waals surface area (Å²) in [6, 6.07) is 4.48. The Kier molecular flexibility index (Phi) is 4.57. The maximum atomic E-state index is 11.5. The zero-order chi connectivity index (χ0) is 15.5. The van der Waals surface area contributed by atoms with E-state index < -0.39 is 0 Å². The average Bonchev–Trinajstić information content (AvgIpc) is 2.92. The lowest BCUT2D eigenvalue weighted by atomic mass is 9.87. The lowest BCUT2D eigenvalue weighted by molar-refractivity contribution is -0.112. The second kappa shape index (κ2) is 6.61. The number of hydrogen-bond donors (Lipinski definition) is 1. The first-order chi connectivity index (χ1) is 10.7. The topological polar surface area (TPSA) is 55.4 Å². The quantitative estimate of drug-likeness (QED) is 0.671. The summed E-state index contributed by atoms with van der Waals surface area (Å²) in [5, 5.41) is 3.60. The van der Waals surface area contributed by atoms with Crippen LogP contribution in [-0.4, -0.2) is 24.8 Å². The number of esters is 1. The van der Waals surface area contributed by atoms with Crippen LogP contribution in [0.15, 0.2) is 12.1 Å². The molecule has 118 valence electrons. The molecule has 0 unspecified atom stereocenters. The second-order valence-corrected chi connectivity index (χ2v) is 6.40. The number of fused-ring (bicyclic) bond motifs is 1. The third-order valence-corrected chi connectivity index (χ3v) is 5.07. The first kappa shape index (κ1) is 15.2. The molecular formula is C18H23NO3. The van der Waals surface area contributed by atoms with Crippen LogP contribution >= 0.6 is 0 Å². The molecule has 0 spiro atoms. The molecule has 1 aliphatic carbocycles. The number of hydrogen-bond acceptors (Lipinski definition) is 4. The molecule has 2 aliphatic rings. The van der Waals surface area contributed by atoms with Crippen molar-refractivity contribution in [2.45, 2.75) is 51.7 Å². The Morgan fingerprint density at radius 2 is 2.05 bits per heavy atom. The van der Waals surface area contributed by atoms with Crippen LogP contribution < -0.4 is 5.32 Å². The molecule has 1 aromatic carbocycles. The molecule has 1 aromatic rings. The smallest absolute Gasteiger partial charge is 0.338 e. The molecule has 1 aliphatic heterocycles. The number of benzene rings is 1. The summed E-state index contributed by atoms with van der Waals surface area (Å²) in [5.74, 6) is 0.0734. The van der Waals surface area contributed by atoms with E-state index in [1.807, 2.05) is 12.1 Å². The highest BCUT2D eigenvalue weighted by Crippen LogP contribution is 2.26. The van der Waals surface area contributed by atoms with Crippen molar-refractivity contribution in [3.63, 3.8) is 0 Å². The number of carbonyl (C=O) groups is 2. The average molecular weight is 301 g/mol. The summed E-state index contributed by atoms with van der Waals surface area (Å²) in [7, 11) is 0. The maximum Gasteiger partial charge on any atom is 0.338 e. The van der Waals surface area contributed by atoms with Crippen LogP contribution in [0.5, 0.6) is 0 Å². The Labute approximate surface area is 131 Å². The molecule has 22 heavy (non-hydrogen) atoms. The van der Waals surface area contributed by atoms with Crippen LogP contribution in [0.1, 0.15) is 52.7 Å². The van der Waals surface area contributed by atoms with E-state index in [2.05, 4.69) is 12.2 Å². The molecule has 1 fully saturated rings. The van der Waals surface area contributed by atoms with E-state index in [4.69, 9.17) is 4.74 Å². The van der Waals surface area contributed by atoms with Gasteiger partial charge in [-0.15, -0.1) is 0 Å². The molecule has 4 heteroatoms. The Hall–Kier alpha value is -1.68. The highest BCUT2D eigenvalue weighted by Gasteiger charge is 2.24. The molecule has 3 rings (SSSR count). The molecule has 1 heterocycles. The van der Waals surface area contributed by atoms with Crippen LogP contribution in [0.4, 0.5) is 0 Å². The van der Waals surface area contributed by atoms with Crippen molar-refractivity contribution in [1.29, 1.82) is 0 Å². The second-order valence-electron chi connectivity index (χ2n) is 6.40. The van der Waals surface area contributed by atoms with Gasteiger partial charge in [0.2, 0.25) is 0 Å². The van der Waals surface area contributed by atoms with E-state index in [1.165, 1.54) is 11.1 Å². The SMILES string of the molecule is Cc1c(CCNC2CCC(C=O)CC2)ccc2c1COC2=O. The molecule has 0 aromatic heterocycles. The Balaban J connectivity index is 1.52. The van der Waals surface area contributed by atoms with Crippen LogP contribution in [0.25, 0.3) is 0 Å². The van der Waals surface area contributed by atoms with E-state index in [0.29, 0.717) is 12.6 Å². The van der Waals surface area contributed by atoms with Crippen molar-refractivity contribution in [1.82, 2.24) is 5.32 Å². The highest BCUT2D eigenvalue weighted by atomic mass is 16.5. The van der Waals surface area contributed by atoms with Gasteiger partial charge < -0.3 is 14.8 Å². The summed E-state index contributed by atoms with van der Waals surface area (Å²) in [4.78, 5) is 22.3. The lowest BCUT2D eigenvalue weighted by Gasteiger charge is -2.26. The Morgan fingerprint density at radius 3 is 2.77 bits per heavy atom. The van der Waals surface area contributed by atoms with Gasteiger partial charge in [0, 0.05) is 17.5 Å². The Morgan fingerprint density at radius 1 is 1.27 bits per heavy atom. The number of ether oxygens (including phenoxy) is 1. The number of rotatable bonds is 5. The van der Waals surface area contributed by atoms with Gasteiger partial charge in [0.05, 0.1) is 5.56 Å². The van der Waals surface area contributed by atoms with Gasteiger partial charge in [-0.2, -0.15) is 0 Å². The summed E-state index contributed by atoms with van der Waals surface area (Å²) < 4.78 is 5.10. The number of cyclic esters (lactones) is 1. The Bertz CT molecular complexity index is 574. The highest BCUT2D eigenvalue weighted by molar-refractivity contribution is 5.93. The molecule has 4 nitrogen and oxygen atoms in total. The first-order valence-corrected chi connectivity index (χ1v) is 8.16. The first-order valence-electron chi connectivity index (χ1n) is 8.16. The fraction of sp³-hybridized carbons (Fsp3) is 0.556. The van der Waals surface area contributed by atoms with Crippen molar-refractivity contribution >= 4 is 12.3 Å². The van der Waals surface area contributed by atoms with Gasteiger partial charge in [-0.05, 0) is 62.8 Å². The molecule has 0 amide bonds. The van der Waals surface area contributed by atoms with Crippen molar-refractivity contribution in [3.05, 3.63) is 34.4 Å². The molecule has 0 atom stereocenters. The van der Waals surface area contributed by atoms with E-state index in [0.717, 1.165) is 56.1 Å². The van der Waals surface area contributed by atoms with E-state index in [9.17, 15) is 9.59 Å². The normalized spacial score (nSPS) is 24.0. The number of aldehydes is 1. The van der Waals surface area contributed by atoms with Gasteiger partial charge in [0.25, 0.3) is 0 Å². The lowest BCUT2D eigenvalue weighted by Crippen LogP contribution is -2.34. The van der Waals surface area contributed by atoms with Crippen molar-refractivity contribution in [2.75, 3.05) is 6.54 Å². The minimum absolute atomic E-state index is 0.199. The fourth-order valence-electron chi connectivity index (χ4n) is 3.54. The molecular weight excluding hydrogens is 278 g/mol. The summed E-state index contributed by atoms with van der Waals surface area (Å²) in [6.07, 6.45) is 6.27. The molecule has 1 N–H and O–H groups in total. The van der Waals surface area contributed by atoms with Gasteiger partial charge >= 0.3 is 5.97 Å². The maximum absolute atomic E-state index is 11.5. The fourth-order valence-corrected chi connectivity index (χ4v) is 3.54. The van der Waals surface area contributed by atoms with E-state index in [-0.39, 0.29) is 11.9 Å². The van der Waals surface area contributed by atoms with E-state index in [1.54, 1.807) is 0 Å². The van der Waals surface area contributed by atoms with Gasteiger partial charge in [0.15, 0.2) is 0 Å². The van der Waals surface area contributed by atoms with E-state index >= 15 is 0 Å². The zero-order valence-electron chi connectivity index (χ0n) is 13.1. The van der Waals surface area contributed by atoms with Crippen molar-refractivity contribution < 1.29 is 14.3 Å². The standard InChI is InChI=1S/C18H23NO3/c1-12-14(4-7-16-17(12)11-22-18(16)21)8-9-19-15-5-2-13(10-20)3-6-15/h4,7,10,13,15,19H,2-3,5-6,8-9,11H2,1H3. The van der Waals surface area contributed by atoms with Crippen molar-refractivity contribution in [2.24, 2.45) is 5.92 Å². The summed E-state index contributed by atoms with van der Waals surface area (Å²) in [5.41, 5.74) is 4.25. The number of nitrogens with one attached hydrogen (secondary N) is 1. The largest absolute Gasteiger partial charge is 0.457 e. The van der Waals surface area contributed by atoms with Gasteiger partial charge in [-0.3, -0.25) is 0 Å². The summed E-state index contributed by atoms with van der Waals surface area (Å²) in [6.45, 7) is 3.42. The molecule has 0 bridgehead atoms.